The topological polar surface area (TPSA) is 35.8 Å². The van der Waals surface area contributed by atoms with Crippen molar-refractivity contribution in [2.45, 2.75) is 32.4 Å². The molecule has 0 aromatic heterocycles. The van der Waals surface area contributed by atoms with Crippen molar-refractivity contribution in [2.24, 2.45) is 0 Å². The van der Waals surface area contributed by atoms with Crippen LogP contribution in [0.4, 0.5) is 0 Å². The molecule has 1 unspecified atom stereocenters. The normalized spacial score (nSPS) is 12.9. The average molecular weight is 290 g/mol. The highest BCUT2D eigenvalue weighted by Gasteiger charge is 2.19. The van der Waals surface area contributed by atoms with E-state index in [1.54, 1.807) is 0 Å². The van der Waals surface area contributed by atoms with E-state index in [-0.39, 0.29) is 12.1 Å². The van der Waals surface area contributed by atoms with Crippen molar-refractivity contribution in [3.63, 3.8) is 0 Å². The second kappa shape index (κ2) is 8.17. The molecule has 1 N–H and O–H groups in total. The number of benzene rings is 2. The lowest BCUT2D eigenvalue weighted by Crippen LogP contribution is -2.33. The molecule has 0 aliphatic carbocycles. The SMILES string of the molecule is CC/C=C(\C)C(C#N)NC(c1ccccc1)c1ccccc1. The molecule has 2 aromatic carbocycles. The maximum absolute atomic E-state index is 9.51. The molecule has 0 fully saturated rings. The lowest BCUT2D eigenvalue weighted by molar-refractivity contribution is 0.581. The summed E-state index contributed by atoms with van der Waals surface area (Å²) in [6, 6.07) is 22.6. The highest BCUT2D eigenvalue weighted by atomic mass is 15.0. The summed E-state index contributed by atoms with van der Waals surface area (Å²) in [5.74, 6) is 0. The Balaban J connectivity index is 2.34. The summed E-state index contributed by atoms with van der Waals surface area (Å²) < 4.78 is 0. The summed E-state index contributed by atoms with van der Waals surface area (Å²) in [5.41, 5.74) is 3.40. The maximum Gasteiger partial charge on any atom is 0.117 e. The molecule has 2 aromatic rings. The van der Waals surface area contributed by atoms with E-state index in [9.17, 15) is 5.26 Å². The second-order valence-corrected chi connectivity index (χ2v) is 5.34. The molecule has 0 spiro atoms. The van der Waals surface area contributed by atoms with Gasteiger partial charge in [-0.2, -0.15) is 5.26 Å². The predicted octanol–water partition coefficient (Wildman–Crippen LogP) is 4.61. The molecule has 0 amide bonds. The van der Waals surface area contributed by atoms with Crippen LogP contribution in [0.25, 0.3) is 0 Å². The Morgan fingerprint density at radius 3 is 1.95 bits per heavy atom. The molecule has 0 saturated carbocycles. The fourth-order valence-electron chi connectivity index (χ4n) is 2.55. The van der Waals surface area contributed by atoms with Gasteiger partial charge in [0.1, 0.15) is 6.04 Å². The minimum absolute atomic E-state index is 0.00672. The van der Waals surface area contributed by atoms with Crippen LogP contribution < -0.4 is 5.32 Å². The molecule has 112 valence electrons. The smallest absolute Gasteiger partial charge is 0.117 e. The maximum atomic E-state index is 9.51. The van der Waals surface area contributed by atoms with Gasteiger partial charge in [-0.05, 0) is 30.0 Å². The van der Waals surface area contributed by atoms with Gasteiger partial charge < -0.3 is 0 Å². The van der Waals surface area contributed by atoms with E-state index in [4.69, 9.17) is 0 Å². The van der Waals surface area contributed by atoms with Crippen LogP contribution >= 0.6 is 0 Å². The van der Waals surface area contributed by atoms with Gasteiger partial charge in [0, 0.05) is 0 Å². The van der Waals surface area contributed by atoms with Crippen molar-refractivity contribution in [2.75, 3.05) is 0 Å². The van der Waals surface area contributed by atoms with E-state index in [0.29, 0.717) is 0 Å². The minimum Gasteiger partial charge on any atom is -0.288 e. The molecule has 2 nitrogen and oxygen atoms in total. The fourth-order valence-corrected chi connectivity index (χ4v) is 2.55. The Morgan fingerprint density at radius 1 is 1.05 bits per heavy atom. The van der Waals surface area contributed by atoms with Gasteiger partial charge in [0.25, 0.3) is 0 Å². The third-order valence-corrected chi connectivity index (χ3v) is 3.71. The van der Waals surface area contributed by atoms with Crippen LogP contribution in [0.2, 0.25) is 0 Å². The van der Waals surface area contributed by atoms with Gasteiger partial charge in [-0.25, -0.2) is 0 Å². The molecule has 2 heteroatoms. The van der Waals surface area contributed by atoms with Gasteiger partial charge in [-0.1, -0.05) is 73.7 Å². The van der Waals surface area contributed by atoms with Crippen molar-refractivity contribution in [3.8, 4) is 6.07 Å². The molecule has 0 aliphatic heterocycles. The van der Waals surface area contributed by atoms with Crippen LogP contribution in [0.1, 0.15) is 37.4 Å². The van der Waals surface area contributed by atoms with Gasteiger partial charge >= 0.3 is 0 Å². The van der Waals surface area contributed by atoms with E-state index < -0.39 is 0 Å². The Morgan fingerprint density at radius 2 is 1.55 bits per heavy atom. The number of nitrogens with one attached hydrogen (secondary N) is 1. The molecule has 0 aliphatic rings. The van der Waals surface area contributed by atoms with Crippen molar-refractivity contribution in [3.05, 3.63) is 83.4 Å². The number of hydrogen-bond acceptors (Lipinski definition) is 2. The second-order valence-electron chi connectivity index (χ2n) is 5.34. The Bertz CT molecular complexity index is 599. The quantitative estimate of drug-likeness (QED) is 0.788. The highest BCUT2D eigenvalue weighted by Crippen LogP contribution is 2.23. The predicted molar refractivity (Wildman–Crippen MR) is 91.3 cm³/mol. The highest BCUT2D eigenvalue weighted by molar-refractivity contribution is 5.33. The summed E-state index contributed by atoms with van der Waals surface area (Å²) in [6.45, 7) is 4.10. The van der Waals surface area contributed by atoms with Crippen molar-refractivity contribution in [1.82, 2.24) is 5.32 Å². The van der Waals surface area contributed by atoms with E-state index in [2.05, 4.69) is 48.7 Å². The average Bonchev–Trinajstić information content (AvgIpc) is 2.57. The van der Waals surface area contributed by atoms with Gasteiger partial charge in [-0.3, -0.25) is 5.32 Å². The first-order valence-electron chi connectivity index (χ1n) is 7.68. The monoisotopic (exact) mass is 290 g/mol. The zero-order valence-corrected chi connectivity index (χ0v) is 13.2. The van der Waals surface area contributed by atoms with Gasteiger partial charge in [0.15, 0.2) is 0 Å². The lowest BCUT2D eigenvalue weighted by atomic mass is 9.96. The molecule has 0 bridgehead atoms. The fraction of sp³-hybridized carbons (Fsp3) is 0.250. The zero-order chi connectivity index (χ0) is 15.8. The number of hydrogen-bond donors (Lipinski definition) is 1. The lowest BCUT2D eigenvalue weighted by Gasteiger charge is -2.23. The number of nitrogens with zero attached hydrogens (tertiary/aromatic N) is 1. The summed E-state index contributed by atoms with van der Waals surface area (Å²) >= 11 is 0. The van der Waals surface area contributed by atoms with Crippen molar-refractivity contribution in [1.29, 1.82) is 5.26 Å². The third kappa shape index (κ3) is 4.07. The van der Waals surface area contributed by atoms with Crippen LogP contribution in [0, 0.1) is 11.3 Å². The molecule has 1 atom stereocenters. The van der Waals surface area contributed by atoms with Gasteiger partial charge in [-0.15, -0.1) is 0 Å². The van der Waals surface area contributed by atoms with Crippen LogP contribution in [-0.4, -0.2) is 6.04 Å². The van der Waals surface area contributed by atoms with E-state index in [0.717, 1.165) is 12.0 Å². The van der Waals surface area contributed by atoms with Crippen LogP contribution in [0.15, 0.2) is 72.3 Å². The van der Waals surface area contributed by atoms with E-state index >= 15 is 0 Å². The minimum atomic E-state index is -0.287. The third-order valence-electron chi connectivity index (χ3n) is 3.71. The van der Waals surface area contributed by atoms with Crippen LogP contribution in [0.5, 0.6) is 0 Å². The van der Waals surface area contributed by atoms with Gasteiger partial charge in [0.05, 0.1) is 12.1 Å². The van der Waals surface area contributed by atoms with Gasteiger partial charge in [0.2, 0.25) is 0 Å². The van der Waals surface area contributed by atoms with E-state index in [1.165, 1.54) is 11.1 Å². The molecule has 0 radical (unpaired) electrons. The summed E-state index contributed by atoms with van der Waals surface area (Å²) in [4.78, 5) is 0. The number of nitriles is 1. The molecular formula is C20H22N2. The molecule has 0 saturated heterocycles. The largest absolute Gasteiger partial charge is 0.288 e. The van der Waals surface area contributed by atoms with Crippen LogP contribution in [0.3, 0.4) is 0 Å². The first-order valence-corrected chi connectivity index (χ1v) is 7.68. The Labute approximate surface area is 133 Å². The van der Waals surface area contributed by atoms with Crippen LogP contribution in [-0.2, 0) is 0 Å². The first-order chi connectivity index (χ1) is 10.8. The van der Waals surface area contributed by atoms with Crippen molar-refractivity contribution < 1.29 is 0 Å². The zero-order valence-electron chi connectivity index (χ0n) is 13.2. The number of allylic oxidation sites excluding steroid dienone is 1. The van der Waals surface area contributed by atoms with E-state index in [1.807, 2.05) is 43.3 Å². The standard InChI is InChI=1S/C20H22N2/c1-3-10-16(2)19(15-21)22-20(17-11-6-4-7-12-17)18-13-8-5-9-14-18/h4-14,19-20,22H,3H2,1-2H3/b16-10+. The summed E-state index contributed by atoms with van der Waals surface area (Å²) in [5, 5.41) is 13.0. The Kier molecular flexibility index (Phi) is 5.94. The first kappa shape index (κ1) is 16.0. The molecule has 22 heavy (non-hydrogen) atoms. The summed E-state index contributed by atoms with van der Waals surface area (Å²) in [6.07, 6.45) is 3.04. The molecule has 2 rings (SSSR count). The number of rotatable bonds is 6. The van der Waals surface area contributed by atoms with Crippen molar-refractivity contribution >= 4 is 0 Å². The molecular weight excluding hydrogens is 268 g/mol. The molecule has 0 heterocycles. The Hall–Kier alpha value is -2.37. The summed E-state index contributed by atoms with van der Waals surface area (Å²) in [7, 11) is 0.